The first kappa shape index (κ1) is 24.2. The molecule has 0 aromatic carbocycles. The van der Waals surface area contributed by atoms with Crippen LogP contribution >= 0.6 is 0 Å². The van der Waals surface area contributed by atoms with E-state index in [0.717, 1.165) is 0 Å². The van der Waals surface area contributed by atoms with Crippen LogP contribution in [0.25, 0.3) is 0 Å². The van der Waals surface area contributed by atoms with E-state index in [9.17, 15) is 0 Å². The van der Waals surface area contributed by atoms with Crippen molar-refractivity contribution in [2.24, 2.45) is 5.41 Å². The Hall–Kier alpha value is 2.88. The van der Waals surface area contributed by atoms with E-state index in [2.05, 4.69) is 0 Å². The molecule has 3 nitrogen and oxygen atoms in total. The average Bonchev–Trinajstić information content (AvgIpc) is 1.95. The SMILES string of the molecule is CCC(CO)(CO)CO.[NaH].[NaH].[NaH]. The Balaban J connectivity index is -0.000000107. The average molecular weight is 206 g/mol. The molecule has 0 spiro atoms. The molecular weight excluding hydrogens is 189 g/mol. The molecule has 0 aromatic rings. The third kappa shape index (κ3) is 8.21. The van der Waals surface area contributed by atoms with Gasteiger partial charge in [0.05, 0.1) is 19.8 Å². The molecule has 0 unspecified atom stereocenters. The molecule has 0 saturated heterocycles. The van der Waals surface area contributed by atoms with Crippen LogP contribution in [0.15, 0.2) is 0 Å². The monoisotopic (exact) mass is 206 g/mol. The summed E-state index contributed by atoms with van der Waals surface area (Å²) in [6.45, 7) is 1.35. The van der Waals surface area contributed by atoms with E-state index < -0.39 is 5.41 Å². The Morgan fingerprint density at radius 2 is 1.08 bits per heavy atom. The Morgan fingerprint density at radius 3 is 1.08 bits per heavy atom. The zero-order chi connectivity index (χ0) is 7.33. The summed E-state index contributed by atoms with van der Waals surface area (Å²) < 4.78 is 0. The van der Waals surface area contributed by atoms with Crippen LogP contribution in [0.3, 0.4) is 0 Å². The van der Waals surface area contributed by atoms with Gasteiger partial charge in [0.1, 0.15) is 0 Å². The first-order chi connectivity index (χ1) is 4.24. The predicted molar refractivity (Wildman–Crippen MR) is 55.4 cm³/mol. The van der Waals surface area contributed by atoms with E-state index in [4.69, 9.17) is 15.3 Å². The van der Waals surface area contributed by atoms with Gasteiger partial charge >= 0.3 is 88.7 Å². The number of aliphatic hydroxyl groups is 3. The van der Waals surface area contributed by atoms with Gasteiger partial charge in [0, 0.05) is 5.41 Å². The second-order valence-electron chi connectivity index (χ2n) is 2.33. The Bertz CT molecular complexity index is 60.9. The first-order valence-electron chi connectivity index (χ1n) is 3.07. The molecule has 0 fully saturated rings. The van der Waals surface area contributed by atoms with E-state index in [0.29, 0.717) is 6.42 Å². The molecule has 0 rings (SSSR count). The fraction of sp³-hybridized carbons (Fsp3) is 1.00. The van der Waals surface area contributed by atoms with Gasteiger partial charge in [-0.3, -0.25) is 0 Å². The van der Waals surface area contributed by atoms with E-state index in [1.54, 1.807) is 0 Å². The van der Waals surface area contributed by atoms with Gasteiger partial charge in [0.25, 0.3) is 0 Å². The van der Waals surface area contributed by atoms with Crippen LogP contribution < -0.4 is 0 Å². The van der Waals surface area contributed by atoms with Gasteiger partial charge in [-0.2, -0.15) is 0 Å². The molecule has 0 bridgehead atoms. The quantitative estimate of drug-likeness (QED) is 0.442. The zero-order valence-corrected chi connectivity index (χ0v) is 5.67. The fourth-order valence-electron chi connectivity index (χ4n) is 0.485. The van der Waals surface area contributed by atoms with Gasteiger partial charge in [-0.05, 0) is 6.42 Å². The second kappa shape index (κ2) is 13.9. The van der Waals surface area contributed by atoms with Gasteiger partial charge in [-0.15, -0.1) is 0 Å². The van der Waals surface area contributed by atoms with Crippen LogP contribution in [0.5, 0.6) is 0 Å². The number of hydrogen-bond donors (Lipinski definition) is 3. The summed E-state index contributed by atoms with van der Waals surface area (Å²) in [6.07, 6.45) is 0.594. The summed E-state index contributed by atoms with van der Waals surface area (Å²) in [5, 5.41) is 26.0. The van der Waals surface area contributed by atoms with Crippen LogP contribution in [-0.4, -0.2) is 124 Å². The van der Waals surface area contributed by atoms with E-state index in [1.165, 1.54) is 0 Å². The summed E-state index contributed by atoms with van der Waals surface area (Å²) in [5.41, 5.74) is -0.667. The van der Waals surface area contributed by atoms with Crippen LogP contribution in [0.4, 0.5) is 0 Å². The normalized spacial score (nSPS) is 9.00. The van der Waals surface area contributed by atoms with Gasteiger partial charge in [-0.1, -0.05) is 6.92 Å². The Morgan fingerprint density at radius 1 is 0.833 bits per heavy atom. The minimum atomic E-state index is -0.667. The molecule has 3 N–H and O–H groups in total. The van der Waals surface area contributed by atoms with Gasteiger partial charge in [0.15, 0.2) is 0 Å². The molecule has 0 heterocycles. The molecule has 0 amide bonds. The van der Waals surface area contributed by atoms with Crippen LogP contribution in [0, 0.1) is 5.41 Å². The third-order valence-corrected chi connectivity index (χ3v) is 1.76. The van der Waals surface area contributed by atoms with Gasteiger partial charge < -0.3 is 15.3 Å². The number of rotatable bonds is 4. The Kier molecular flexibility index (Phi) is 28.0. The van der Waals surface area contributed by atoms with Crippen molar-refractivity contribution in [3.8, 4) is 0 Å². The maximum absolute atomic E-state index is 8.66. The molecule has 0 saturated carbocycles. The summed E-state index contributed by atoms with van der Waals surface area (Å²) in [4.78, 5) is 0. The van der Waals surface area contributed by atoms with Crippen molar-refractivity contribution in [3.05, 3.63) is 0 Å². The summed E-state index contributed by atoms with van der Waals surface area (Å²) in [5.74, 6) is 0. The summed E-state index contributed by atoms with van der Waals surface area (Å²) in [7, 11) is 0. The van der Waals surface area contributed by atoms with Gasteiger partial charge in [-0.25, -0.2) is 0 Å². The molecule has 0 aliphatic carbocycles. The maximum atomic E-state index is 8.66. The second-order valence-corrected chi connectivity index (χ2v) is 2.33. The molecule has 6 heteroatoms. The summed E-state index contributed by atoms with van der Waals surface area (Å²) >= 11 is 0. The molecule has 0 aliphatic heterocycles. The third-order valence-electron chi connectivity index (χ3n) is 1.76. The van der Waals surface area contributed by atoms with Gasteiger partial charge in [0.2, 0.25) is 0 Å². The minimum absolute atomic E-state index is 0. The Labute approximate surface area is 140 Å². The molecule has 62 valence electrons. The van der Waals surface area contributed by atoms with Crippen molar-refractivity contribution in [1.82, 2.24) is 0 Å². The van der Waals surface area contributed by atoms with Crippen molar-refractivity contribution < 1.29 is 15.3 Å². The van der Waals surface area contributed by atoms with Crippen molar-refractivity contribution in [2.75, 3.05) is 19.8 Å². The van der Waals surface area contributed by atoms with Crippen molar-refractivity contribution in [3.63, 3.8) is 0 Å². The molecule has 0 atom stereocenters. The van der Waals surface area contributed by atoms with Crippen LogP contribution in [0.2, 0.25) is 0 Å². The van der Waals surface area contributed by atoms with Crippen molar-refractivity contribution >= 4 is 88.7 Å². The number of hydrogen-bond acceptors (Lipinski definition) is 3. The van der Waals surface area contributed by atoms with E-state index in [-0.39, 0.29) is 108 Å². The van der Waals surface area contributed by atoms with Crippen LogP contribution in [0.1, 0.15) is 13.3 Å². The van der Waals surface area contributed by atoms with Crippen molar-refractivity contribution in [1.29, 1.82) is 0 Å². The summed E-state index contributed by atoms with van der Waals surface area (Å²) in [6, 6.07) is 0. The standard InChI is InChI=1S/C6H14O3.3Na.3H/c1-2-6(3-7,4-8)5-9;;;;;;/h7-9H,2-5H2,1H3;;;;;;. The predicted octanol–water partition coefficient (Wildman–Crippen LogP) is -2.59. The van der Waals surface area contributed by atoms with Crippen molar-refractivity contribution in [2.45, 2.75) is 13.3 Å². The molecule has 0 aromatic heterocycles. The molecule has 0 aliphatic rings. The topological polar surface area (TPSA) is 60.7 Å². The fourth-order valence-corrected chi connectivity index (χ4v) is 0.485. The molecular formula is C6H17Na3O3. The molecule has 12 heavy (non-hydrogen) atoms. The zero-order valence-electron chi connectivity index (χ0n) is 5.67. The van der Waals surface area contributed by atoms with E-state index in [1.807, 2.05) is 6.92 Å². The van der Waals surface area contributed by atoms with Crippen LogP contribution in [-0.2, 0) is 0 Å². The number of aliphatic hydroxyl groups excluding tert-OH is 3. The first-order valence-corrected chi connectivity index (χ1v) is 3.07. The van der Waals surface area contributed by atoms with E-state index >= 15 is 0 Å². The molecule has 0 radical (unpaired) electrons.